The van der Waals surface area contributed by atoms with E-state index in [1.54, 1.807) is 6.08 Å². The monoisotopic (exact) mass is 206 g/mol. The van der Waals surface area contributed by atoms with Crippen LogP contribution < -0.4 is 0 Å². The molecule has 4 atom stereocenters. The van der Waals surface area contributed by atoms with Crippen molar-refractivity contribution in [2.24, 2.45) is 23.7 Å². The Kier molecular flexibility index (Phi) is 1.87. The number of carboxylic acid groups (broad SMARTS) is 1. The highest BCUT2D eigenvalue weighted by Crippen LogP contribution is 2.54. The maximum absolute atomic E-state index is 12.5. The van der Waals surface area contributed by atoms with Crippen LogP contribution in [0.25, 0.3) is 0 Å². The number of fused-ring (bicyclic) bond motifs is 2. The summed E-state index contributed by atoms with van der Waals surface area (Å²) in [5.41, 5.74) is 0. The number of halogens is 3. The average Bonchev–Trinajstić information content (AvgIpc) is 2.58. The van der Waals surface area contributed by atoms with E-state index >= 15 is 0 Å². The van der Waals surface area contributed by atoms with E-state index in [4.69, 9.17) is 5.11 Å². The lowest BCUT2D eigenvalue weighted by Gasteiger charge is -2.26. The maximum Gasteiger partial charge on any atom is 0.393 e. The van der Waals surface area contributed by atoms with Crippen molar-refractivity contribution < 1.29 is 23.1 Å². The largest absolute Gasteiger partial charge is 0.481 e. The van der Waals surface area contributed by atoms with Gasteiger partial charge in [0.1, 0.15) is 0 Å². The number of carboxylic acids is 1. The first-order valence-electron chi connectivity index (χ1n) is 4.39. The molecule has 2 aliphatic rings. The molecule has 5 heteroatoms. The molecule has 1 unspecified atom stereocenters. The van der Waals surface area contributed by atoms with E-state index in [9.17, 15) is 18.0 Å². The third-order valence-electron chi connectivity index (χ3n) is 3.12. The third kappa shape index (κ3) is 1.22. The second kappa shape index (κ2) is 2.74. The summed E-state index contributed by atoms with van der Waals surface area (Å²) in [6.07, 6.45) is -0.956. The molecule has 0 saturated heterocycles. The Balaban J connectivity index is 2.31. The molecule has 0 aromatic carbocycles. The van der Waals surface area contributed by atoms with Gasteiger partial charge < -0.3 is 5.11 Å². The van der Waals surface area contributed by atoms with E-state index in [1.807, 2.05) is 0 Å². The Morgan fingerprint density at radius 3 is 2.29 bits per heavy atom. The van der Waals surface area contributed by atoms with Gasteiger partial charge in [-0.3, -0.25) is 4.79 Å². The van der Waals surface area contributed by atoms with Crippen LogP contribution in [0.1, 0.15) is 6.42 Å². The summed E-state index contributed by atoms with van der Waals surface area (Å²) in [6.45, 7) is 0. The van der Waals surface area contributed by atoms with Crippen LogP contribution in [-0.4, -0.2) is 17.3 Å². The Morgan fingerprint density at radius 2 is 1.86 bits per heavy atom. The van der Waals surface area contributed by atoms with E-state index in [0.29, 0.717) is 6.42 Å². The van der Waals surface area contributed by atoms with Crippen molar-refractivity contribution in [1.29, 1.82) is 0 Å². The molecule has 0 amide bonds. The first-order chi connectivity index (χ1) is 6.41. The molecular formula is C9H9F3O2. The minimum Gasteiger partial charge on any atom is -0.481 e. The number of allylic oxidation sites excluding steroid dienone is 2. The van der Waals surface area contributed by atoms with Crippen molar-refractivity contribution in [3.05, 3.63) is 12.2 Å². The molecule has 2 nitrogen and oxygen atoms in total. The Labute approximate surface area is 78.4 Å². The lowest BCUT2D eigenvalue weighted by Crippen LogP contribution is -2.37. The maximum atomic E-state index is 12.5. The van der Waals surface area contributed by atoms with Crippen LogP contribution in [0, 0.1) is 23.7 Å². The van der Waals surface area contributed by atoms with Crippen LogP contribution >= 0.6 is 0 Å². The van der Waals surface area contributed by atoms with Gasteiger partial charge in [-0.1, -0.05) is 12.2 Å². The third-order valence-corrected chi connectivity index (χ3v) is 3.12. The van der Waals surface area contributed by atoms with E-state index < -0.39 is 35.8 Å². The van der Waals surface area contributed by atoms with Crippen LogP contribution in [0.4, 0.5) is 13.2 Å². The predicted octanol–water partition coefficient (Wildman–Crippen LogP) is 2.07. The van der Waals surface area contributed by atoms with Gasteiger partial charge in [0, 0.05) is 0 Å². The molecule has 2 rings (SSSR count). The van der Waals surface area contributed by atoms with Crippen molar-refractivity contribution in [2.45, 2.75) is 12.6 Å². The molecule has 0 aliphatic heterocycles. The van der Waals surface area contributed by atoms with Gasteiger partial charge in [-0.05, 0) is 18.3 Å². The summed E-state index contributed by atoms with van der Waals surface area (Å²) in [4.78, 5) is 10.7. The number of rotatable bonds is 1. The molecule has 1 N–H and O–H groups in total. The minimum absolute atomic E-state index is 0.334. The molecule has 14 heavy (non-hydrogen) atoms. The molecule has 0 aromatic heterocycles. The van der Waals surface area contributed by atoms with Crippen molar-refractivity contribution in [3.63, 3.8) is 0 Å². The Morgan fingerprint density at radius 1 is 1.29 bits per heavy atom. The number of carbonyl (C=O) groups is 1. The molecular weight excluding hydrogens is 197 g/mol. The molecule has 0 spiro atoms. The summed E-state index contributed by atoms with van der Waals surface area (Å²) in [5.74, 6) is -5.34. The van der Waals surface area contributed by atoms with Crippen LogP contribution in [-0.2, 0) is 4.79 Å². The summed E-state index contributed by atoms with van der Waals surface area (Å²) < 4.78 is 37.6. The summed E-state index contributed by atoms with van der Waals surface area (Å²) in [7, 11) is 0. The molecule has 0 heterocycles. The van der Waals surface area contributed by atoms with E-state index in [-0.39, 0.29) is 0 Å². The Bertz CT molecular complexity index is 295. The molecule has 0 aromatic rings. The van der Waals surface area contributed by atoms with Crippen LogP contribution in [0.2, 0.25) is 0 Å². The fraction of sp³-hybridized carbons (Fsp3) is 0.667. The lowest BCUT2D eigenvalue weighted by atomic mass is 9.82. The molecule has 1 saturated carbocycles. The molecule has 78 valence electrons. The standard InChI is InChI=1S/C9H9F3O2/c10-9(11,12)7-5-2-1-4(3-5)6(7)8(13)14/h1-2,4-7H,3H2,(H,13,14)/t4-,5-,6+,7?/m0/s1. The van der Waals surface area contributed by atoms with Gasteiger partial charge in [0.2, 0.25) is 0 Å². The number of alkyl halides is 3. The van der Waals surface area contributed by atoms with Crippen molar-refractivity contribution >= 4 is 5.97 Å². The summed E-state index contributed by atoms with van der Waals surface area (Å²) in [5, 5.41) is 8.74. The smallest absolute Gasteiger partial charge is 0.393 e. The average molecular weight is 206 g/mol. The summed E-state index contributed by atoms with van der Waals surface area (Å²) in [6, 6.07) is 0. The predicted molar refractivity (Wildman–Crippen MR) is 41.4 cm³/mol. The molecule has 0 radical (unpaired) electrons. The van der Waals surface area contributed by atoms with Gasteiger partial charge in [-0.2, -0.15) is 13.2 Å². The second-order valence-corrected chi connectivity index (χ2v) is 3.88. The normalized spacial score (nSPS) is 40.5. The number of hydrogen-bond acceptors (Lipinski definition) is 1. The van der Waals surface area contributed by atoms with Crippen LogP contribution in [0.15, 0.2) is 12.2 Å². The van der Waals surface area contributed by atoms with Crippen molar-refractivity contribution in [2.75, 3.05) is 0 Å². The van der Waals surface area contributed by atoms with Gasteiger partial charge in [0.05, 0.1) is 11.8 Å². The highest BCUT2D eigenvalue weighted by atomic mass is 19.4. The highest BCUT2D eigenvalue weighted by molar-refractivity contribution is 5.72. The van der Waals surface area contributed by atoms with Gasteiger partial charge in [0.15, 0.2) is 0 Å². The first kappa shape index (κ1) is 9.55. The first-order valence-corrected chi connectivity index (χ1v) is 4.39. The second-order valence-electron chi connectivity index (χ2n) is 3.88. The highest BCUT2D eigenvalue weighted by Gasteiger charge is 2.59. The van der Waals surface area contributed by atoms with Crippen LogP contribution in [0.3, 0.4) is 0 Å². The zero-order valence-electron chi connectivity index (χ0n) is 7.16. The Hall–Kier alpha value is -1.00. The summed E-state index contributed by atoms with van der Waals surface area (Å²) >= 11 is 0. The van der Waals surface area contributed by atoms with E-state index in [2.05, 4.69) is 0 Å². The topological polar surface area (TPSA) is 37.3 Å². The van der Waals surface area contributed by atoms with Crippen LogP contribution in [0.5, 0.6) is 0 Å². The van der Waals surface area contributed by atoms with E-state index in [1.165, 1.54) is 6.08 Å². The zero-order valence-corrected chi connectivity index (χ0v) is 7.16. The minimum atomic E-state index is -4.40. The zero-order chi connectivity index (χ0) is 10.5. The number of aliphatic carboxylic acids is 1. The fourth-order valence-corrected chi connectivity index (χ4v) is 2.61. The molecule has 2 aliphatic carbocycles. The van der Waals surface area contributed by atoms with Gasteiger partial charge >= 0.3 is 12.1 Å². The number of hydrogen-bond donors (Lipinski definition) is 1. The fourth-order valence-electron chi connectivity index (χ4n) is 2.61. The molecule has 2 bridgehead atoms. The van der Waals surface area contributed by atoms with Gasteiger partial charge in [-0.25, -0.2) is 0 Å². The van der Waals surface area contributed by atoms with Crippen molar-refractivity contribution in [1.82, 2.24) is 0 Å². The quantitative estimate of drug-likeness (QED) is 0.667. The van der Waals surface area contributed by atoms with Gasteiger partial charge in [0.25, 0.3) is 0 Å². The lowest BCUT2D eigenvalue weighted by molar-refractivity contribution is -0.199. The van der Waals surface area contributed by atoms with Crippen molar-refractivity contribution in [3.8, 4) is 0 Å². The molecule has 1 fully saturated rings. The van der Waals surface area contributed by atoms with E-state index in [0.717, 1.165) is 0 Å². The SMILES string of the molecule is O=C(O)[C@H]1C(C(F)(F)F)[C@H]2C=C[C@H]1C2. The van der Waals surface area contributed by atoms with Gasteiger partial charge in [-0.15, -0.1) is 0 Å².